The minimum absolute atomic E-state index is 0.300. The summed E-state index contributed by atoms with van der Waals surface area (Å²) in [6.07, 6.45) is 5.54. The molecule has 4 atom stereocenters. The molecular weight excluding hydrogens is 316 g/mol. The Balaban J connectivity index is 1.69. The third kappa shape index (κ3) is 2.21. The van der Waals surface area contributed by atoms with Gasteiger partial charge in [0.05, 0.1) is 13.6 Å². The minimum Gasteiger partial charge on any atom is -0.351 e. The first kappa shape index (κ1) is 15.3. The average Bonchev–Trinajstić information content (AvgIpc) is 3.33. The number of hydrogen-bond acceptors (Lipinski definition) is 2. The van der Waals surface area contributed by atoms with Gasteiger partial charge in [0.15, 0.2) is 0 Å². The maximum absolute atomic E-state index is 9.39. The topological polar surface area (TPSA) is 6.48 Å². The first-order chi connectivity index (χ1) is 13.0. The molecule has 1 aliphatic carbocycles. The largest absolute Gasteiger partial charge is 0.351 e. The van der Waals surface area contributed by atoms with E-state index in [1.165, 1.54) is 48.1 Å². The Morgan fingerprint density at radius 3 is 2.31 bits per heavy atom. The summed E-state index contributed by atoms with van der Waals surface area (Å²) in [6, 6.07) is 17.5. The molecular formula is C24H30N2. The molecule has 3 aliphatic rings. The number of fused-ring (bicyclic) bond motifs is 3. The Morgan fingerprint density at radius 1 is 0.923 bits per heavy atom. The highest BCUT2D eigenvalue weighted by atomic mass is 15.5. The zero-order chi connectivity index (χ0) is 18.8. The summed E-state index contributed by atoms with van der Waals surface area (Å²) in [7, 11) is 0. The second-order valence-electron chi connectivity index (χ2n) is 8.42. The van der Waals surface area contributed by atoms with E-state index in [4.69, 9.17) is 0 Å². The summed E-state index contributed by atoms with van der Waals surface area (Å²) in [5, 5.41) is 0. The lowest BCUT2D eigenvalue weighted by molar-refractivity contribution is 0.121. The molecule has 1 saturated heterocycles. The van der Waals surface area contributed by atoms with Gasteiger partial charge in [0.25, 0.3) is 0 Å². The fourth-order valence-corrected chi connectivity index (χ4v) is 5.89. The Labute approximate surface area is 159 Å². The van der Waals surface area contributed by atoms with E-state index < -0.39 is 6.02 Å². The van der Waals surface area contributed by atoms with Crippen molar-refractivity contribution in [2.75, 3.05) is 4.90 Å². The highest BCUT2D eigenvalue weighted by molar-refractivity contribution is 5.58. The number of nitrogens with zero attached hydrogens (tertiary/aromatic N) is 2. The van der Waals surface area contributed by atoms with Gasteiger partial charge >= 0.3 is 0 Å². The van der Waals surface area contributed by atoms with E-state index in [0.717, 1.165) is 0 Å². The van der Waals surface area contributed by atoms with Gasteiger partial charge < -0.3 is 4.90 Å². The molecule has 2 nitrogen and oxygen atoms in total. The minimum atomic E-state index is -0.666. The van der Waals surface area contributed by atoms with Crippen LogP contribution >= 0.6 is 0 Å². The van der Waals surface area contributed by atoms with E-state index in [1.807, 2.05) is 0 Å². The summed E-state index contributed by atoms with van der Waals surface area (Å²) in [5.41, 5.74) is 5.26. The number of rotatable bonds is 2. The molecule has 2 heteroatoms. The summed E-state index contributed by atoms with van der Waals surface area (Å²) in [6.45, 7) is 6.71. The van der Waals surface area contributed by atoms with Crippen LogP contribution in [0.4, 0.5) is 5.69 Å². The van der Waals surface area contributed by atoms with Crippen molar-refractivity contribution in [2.45, 2.75) is 70.7 Å². The highest BCUT2D eigenvalue weighted by Crippen LogP contribution is 2.55. The van der Waals surface area contributed by atoms with Crippen LogP contribution in [0.15, 0.2) is 48.5 Å². The van der Waals surface area contributed by atoms with Gasteiger partial charge in [-0.1, -0.05) is 55.3 Å². The lowest BCUT2D eigenvalue weighted by atomic mass is 9.96. The van der Waals surface area contributed by atoms with E-state index in [0.29, 0.717) is 24.2 Å². The zero-order valence-corrected chi connectivity index (χ0v) is 16.2. The number of benzene rings is 2. The van der Waals surface area contributed by atoms with Crippen molar-refractivity contribution in [3.05, 3.63) is 65.2 Å². The average molecular weight is 348 g/mol. The molecule has 0 radical (unpaired) electrons. The van der Waals surface area contributed by atoms with Gasteiger partial charge in [-0.3, -0.25) is 4.90 Å². The molecule has 0 aromatic heterocycles. The Morgan fingerprint density at radius 2 is 1.58 bits per heavy atom. The van der Waals surface area contributed by atoms with E-state index in [-0.39, 0.29) is 0 Å². The van der Waals surface area contributed by atoms with Crippen molar-refractivity contribution in [3.8, 4) is 0 Å². The fourth-order valence-electron chi connectivity index (χ4n) is 5.89. The van der Waals surface area contributed by atoms with Crippen LogP contribution in [-0.2, 0) is 0 Å². The number of aryl methyl sites for hydroxylation is 1. The van der Waals surface area contributed by atoms with Crippen LogP contribution in [0.5, 0.6) is 0 Å². The molecule has 3 unspecified atom stereocenters. The van der Waals surface area contributed by atoms with Crippen molar-refractivity contribution in [1.82, 2.24) is 4.90 Å². The molecule has 2 heterocycles. The smallest absolute Gasteiger partial charge is 0.0863 e. The van der Waals surface area contributed by atoms with E-state index in [2.05, 4.69) is 79.1 Å². The first-order valence-electron chi connectivity index (χ1n) is 10.7. The van der Waals surface area contributed by atoms with Crippen LogP contribution in [0, 0.1) is 12.8 Å². The summed E-state index contributed by atoms with van der Waals surface area (Å²) in [4.78, 5) is 5.21. The maximum Gasteiger partial charge on any atom is 0.0863 e. The van der Waals surface area contributed by atoms with Crippen molar-refractivity contribution >= 4 is 5.69 Å². The first-order valence-corrected chi connectivity index (χ1v) is 10.2. The zero-order valence-electron chi connectivity index (χ0n) is 17.2. The van der Waals surface area contributed by atoms with Gasteiger partial charge in [0.2, 0.25) is 0 Å². The molecule has 2 fully saturated rings. The van der Waals surface area contributed by atoms with Crippen LogP contribution in [0.1, 0.15) is 69.7 Å². The third-order valence-electron chi connectivity index (χ3n) is 7.04. The Bertz CT molecular complexity index is 855. The maximum atomic E-state index is 9.39. The molecule has 0 N–H and O–H groups in total. The molecule has 0 spiro atoms. The number of anilines is 1. The van der Waals surface area contributed by atoms with Crippen LogP contribution in [0.3, 0.4) is 0 Å². The van der Waals surface area contributed by atoms with Gasteiger partial charge in [-0.25, -0.2) is 0 Å². The van der Waals surface area contributed by atoms with Gasteiger partial charge in [0, 0.05) is 17.7 Å². The van der Waals surface area contributed by atoms with Crippen LogP contribution in [-0.4, -0.2) is 17.1 Å². The van der Waals surface area contributed by atoms with E-state index in [1.54, 1.807) is 0 Å². The monoisotopic (exact) mass is 347 g/mol. The predicted octanol–water partition coefficient (Wildman–Crippen LogP) is 5.84. The fraction of sp³-hybridized carbons (Fsp3) is 0.500. The predicted molar refractivity (Wildman–Crippen MR) is 108 cm³/mol. The molecule has 26 heavy (non-hydrogen) atoms. The summed E-state index contributed by atoms with van der Waals surface area (Å²) in [5.74, 6) is 0.649. The molecule has 5 rings (SSSR count). The second-order valence-corrected chi connectivity index (χ2v) is 8.42. The number of hydrogen-bond donors (Lipinski definition) is 0. The molecule has 2 aliphatic heterocycles. The van der Waals surface area contributed by atoms with Gasteiger partial charge in [-0.2, -0.15) is 0 Å². The molecule has 0 amide bonds. The van der Waals surface area contributed by atoms with Crippen molar-refractivity contribution in [1.29, 1.82) is 0 Å². The van der Waals surface area contributed by atoms with Crippen molar-refractivity contribution in [2.24, 2.45) is 5.92 Å². The molecule has 0 bridgehead atoms. The lowest BCUT2D eigenvalue weighted by Crippen LogP contribution is -2.45. The van der Waals surface area contributed by atoms with E-state index >= 15 is 0 Å². The van der Waals surface area contributed by atoms with Crippen molar-refractivity contribution in [3.63, 3.8) is 0 Å². The molecule has 2 aromatic rings. The molecule has 2 aromatic carbocycles. The Kier molecular flexibility index (Phi) is 3.60. The molecule has 1 saturated carbocycles. The SMILES string of the molecule is [2H]C1(C)c2ccccc2C2[C@H](C)N(c3ccccc3C)C(C3CCCC3)N21. The van der Waals surface area contributed by atoms with Crippen LogP contribution < -0.4 is 4.90 Å². The van der Waals surface area contributed by atoms with Crippen LogP contribution in [0.25, 0.3) is 0 Å². The third-order valence-corrected chi connectivity index (χ3v) is 7.04. The summed E-state index contributed by atoms with van der Waals surface area (Å²) < 4.78 is 9.39. The summed E-state index contributed by atoms with van der Waals surface area (Å²) >= 11 is 0. The van der Waals surface area contributed by atoms with Gasteiger partial charge in [-0.15, -0.1) is 0 Å². The van der Waals surface area contributed by atoms with Crippen molar-refractivity contribution < 1.29 is 1.37 Å². The van der Waals surface area contributed by atoms with Crippen LogP contribution in [0.2, 0.25) is 0 Å². The second kappa shape index (κ2) is 6.13. The van der Waals surface area contributed by atoms with Gasteiger partial charge in [-0.05, 0) is 62.3 Å². The Hall–Kier alpha value is -1.80. The highest BCUT2D eigenvalue weighted by Gasteiger charge is 2.54. The van der Waals surface area contributed by atoms with Gasteiger partial charge in [0.1, 0.15) is 0 Å². The number of para-hydroxylation sites is 1. The normalized spacial score (nSPS) is 34.8. The lowest BCUT2D eigenvalue weighted by Gasteiger charge is -2.39. The quantitative estimate of drug-likeness (QED) is 0.673. The standard InChI is InChI=1S/C24H30N2/c1-16-10-4-9-15-22(16)25-18(3)23-21-14-8-7-13-20(21)17(2)26(23)24(25)19-11-5-6-12-19/h4,7-10,13-15,17-19,23-24H,5-6,11-12H2,1-3H3/t17?,18-,23?,24?/m0/s1/i17D. The molecule has 136 valence electrons. The van der Waals surface area contributed by atoms with E-state index in [9.17, 15) is 1.37 Å².